The van der Waals surface area contributed by atoms with Crippen LogP contribution in [0.4, 0.5) is 0 Å². The van der Waals surface area contributed by atoms with Crippen LogP contribution in [0, 0.1) is 5.92 Å². The Hall–Kier alpha value is -0.380. The van der Waals surface area contributed by atoms with Crippen LogP contribution in [0.15, 0.2) is 12.2 Å². The second-order valence-electron chi connectivity index (χ2n) is 4.80. The van der Waals surface area contributed by atoms with Crippen molar-refractivity contribution in [2.24, 2.45) is 5.92 Å². The number of aliphatic hydroxyl groups excluding tert-OH is 3. The number of hydrogen-bond acceptors (Lipinski definition) is 3. The third-order valence-corrected chi connectivity index (χ3v) is 3.24. The van der Waals surface area contributed by atoms with Crippen LogP contribution in [0.25, 0.3) is 0 Å². The van der Waals surface area contributed by atoms with Crippen LogP contribution in [0.3, 0.4) is 0 Å². The Morgan fingerprint density at radius 3 is 2.56 bits per heavy atom. The first-order valence-corrected chi connectivity index (χ1v) is 6.36. The third-order valence-electron chi connectivity index (χ3n) is 3.24. The summed E-state index contributed by atoms with van der Waals surface area (Å²) in [6.45, 7) is 2.14. The molecule has 4 atom stereocenters. The highest BCUT2D eigenvalue weighted by Gasteiger charge is 2.29. The Kier molecular flexibility index (Phi) is 6.03. The van der Waals surface area contributed by atoms with Gasteiger partial charge in [-0.3, -0.25) is 0 Å². The molecule has 0 aliphatic heterocycles. The maximum Gasteiger partial charge on any atom is 0.0721 e. The van der Waals surface area contributed by atoms with Crippen molar-refractivity contribution in [3.8, 4) is 0 Å². The van der Waals surface area contributed by atoms with Gasteiger partial charge in [0.05, 0.1) is 18.3 Å². The lowest BCUT2D eigenvalue weighted by Gasteiger charge is -2.10. The second-order valence-corrected chi connectivity index (χ2v) is 4.80. The van der Waals surface area contributed by atoms with Crippen LogP contribution in [0.1, 0.15) is 45.4 Å². The molecule has 3 heteroatoms. The summed E-state index contributed by atoms with van der Waals surface area (Å²) in [6, 6.07) is 0. The zero-order valence-corrected chi connectivity index (χ0v) is 10.0. The van der Waals surface area contributed by atoms with E-state index < -0.39 is 12.2 Å². The van der Waals surface area contributed by atoms with Gasteiger partial charge in [0.2, 0.25) is 0 Å². The number of rotatable bonds is 6. The quantitative estimate of drug-likeness (QED) is 0.478. The molecule has 4 unspecified atom stereocenters. The van der Waals surface area contributed by atoms with Crippen LogP contribution in [0.2, 0.25) is 0 Å². The minimum atomic E-state index is -0.450. The van der Waals surface area contributed by atoms with Crippen molar-refractivity contribution < 1.29 is 15.3 Å². The fourth-order valence-electron chi connectivity index (χ4n) is 2.20. The Balaban J connectivity index is 2.24. The summed E-state index contributed by atoms with van der Waals surface area (Å²) in [5.41, 5.74) is 0. The Bertz CT molecular complexity index is 215. The van der Waals surface area contributed by atoms with E-state index in [1.165, 1.54) is 0 Å². The van der Waals surface area contributed by atoms with Crippen molar-refractivity contribution >= 4 is 0 Å². The first-order chi connectivity index (χ1) is 7.63. The molecular weight excluding hydrogens is 204 g/mol. The van der Waals surface area contributed by atoms with Gasteiger partial charge in [-0.05, 0) is 19.3 Å². The SMILES string of the molecule is CCCCCC(O)/C=C/C1CC(O)CC1O. The largest absolute Gasteiger partial charge is 0.393 e. The van der Waals surface area contributed by atoms with Gasteiger partial charge in [-0.25, -0.2) is 0 Å². The highest BCUT2D eigenvalue weighted by molar-refractivity contribution is 5.00. The zero-order chi connectivity index (χ0) is 12.0. The summed E-state index contributed by atoms with van der Waals surface area (Å²) in [7, 11) is 0. The lowest BCUT2D eigenvalue weighted by Crippen LogP contribution is -2.11. The second kappa shape index (κ2) is 7.05. The molecule has 1 aliphatic rings. The molecule has 1 fully saturated rings. The molecule has 1 aliphatic carbocycles. The van der Waals surface area contributed by atoms with Gasteiger partial charge in [0.1, 0.15) is 0 Å². The number of hydrogen-bond donors (Lipinski definition) is 3. The van der Waals surface area contributed by atoms with Crippen molar-refractivity contribution in [1.82, 2.24) is 0 Å². The predicted molar refractivity (Wildman–Crippen MR) is 64.0 cm³/mol. The van der Waals surface area contributed by atoms with Gasteiger partial charge < -0.3 is 15.3 Å². The van der Waals surface area contributed by atoms with Gasteiger partial charge in [0.25, 0.3) is 0 Å². The fourth-order valence-corrected chi connectivity index (χ4v) is 2.20. The van der Waals surface area contributed by atoms with E-state index >= 15 is 0 Å². The molecule has 0 aromatic rings. The van der Waals surface area contributed by atoms with E-state index in [4.69, 9.17) is 0 Å². The highest BCUT2D eigenvalue weighted by atomic mass is 16.3. The van der Waals surface area contributed by atoms with Crippen molar-refractivity contribution in [1.29, 1.82) is 0 Å². The summed E-state index contributed by atoms with van der Waals surface area (Å²) in [6.07, 6.45) is 7.58. The van der Waals surface area contributed by atoms with Gasteiger partial charge in [-0.15, -0.1) is 0 Å². The summed E-state index contributed by atoms with van der Waals surface area (Å²) in [5.74, 6) is 0.0100. The highest BCUT2D eigenvalue weighted by Crippen LogP contribution is 2.27. The molecule has 16 heavy (non-hydrogen) atoms. The van der Waals surface area contributed by atoms with Gasteiger partial charge in [-0.2, -0.15) is 0 Å². The molecule has 0 spiro atoms. The maximum atomic E-state index is 9.66. The monoisotopic (exact) mass is 228 g/mol. The molecule has 1 rings (SSSR count). The van der Waals surface area contributed by atoms with E-state index in [-0.39, 0.29) is 12.0 Å². The van der Waals surface area contributed by atoms with E-state index in [1.54, 1.807) is 6.08 Å². The third kappa shape index (κ3) is 4.64. The van der Waals surface area contributed by atoms with Crippen LogP contribution in [0.5, 0.6) is 0 Å². The summed E-state index contributed by atoms with van der Waals surface area (Å²) >= 11 is 0. The molecule has 0 amide bonds. The smallest absolute Gasteiger partial charge is 0.0721 e. The molecule has 1 saturated carbocycles. The zero-order valence-electron chi connectivity index (χ0n) is 10.0. The lowest BCUT2D eigenvalue weighted by molar-refractivity contribution is 0.128. The van der Waals surface area contributed by atoms with Crippen LogP contribution >= 0.6 is 0 Å². The standard InChI is InChI=1S/C13H24O3/c1-2-3-4-5-11(14)7-6-10-8-12(15)9-13(10)16/h6-7,10-16H,2-5,8-9H2,1H3/b7-6+. The van der Waals surface area contributed by atoms with Gasteiger partial charge in [0.15, 0.2) is 0 Å². The molecule has 0 saturated heterocycles. The van der Waals surface area contributed by atoms with E-state index in [0.717, 1.165) is 25.7 Å². The first-order valence-electron chi connectivity index (χ1n) is 6.36. The molecule has 0 bridgehead atoms. The molecule has 94 valence electrons. The van der Waals surface area contributed by atoms with E-state index in [2.05, 4.69) is 6.92 Å². The molecule has 0 aromatic carbocycles. The van der Waals surface area contributed by atoms with E-state index in [0.29, 0.717) is 12.8 Å². The summed E-state index contributed by atoms with van der Waals surface area (Å²) < 4.78 is 0. The number of aliphatic hydroxyl groups is 3. The fraction of sp³-hybridized carbons (Fsp3) is 0.846. The van der Waals surface area contributed by atoms with Crippen molar-refractivity contribution in [3.63, 3.8) is 0 Å². The normalized spacial score (nSPS) is 32.4. The van der Waals surface area contributed by atoms with E-state index in [9.17, 15) is 15.3 Å². The van der Waals surface area contributed by atoms with Crippen molar-refractivity contribution in [3.05, 3.63) is 12.2 Å². The summed E-state index contributed by atoms with van der Waals surface area (Å²) in [5, 5.41) is 28.6. The van der Waals surface area contributed by atoms with Gasteiger partial charge >= 0.3 is 0 Å². The van der Waals surface area contributed by atoms with Crippen LogP contribution < -0.4 is 0 Å². The van der Waals surface area contributed by atoms with Crippen LogP contribution in [-0.4, -0.2) is 33.6 Å². The molecule has 3 nitrogen and oxygen atoms in total. The predicted octanol–water partition coefficient (Wildman–Crippen LogP) is 1.62. The maximum absolute atomic E-state index is 9.66. The van der Waals surface area contributed by atoms with Crippen LogP contribution in [-0.2, 0) is 0 Å². The molecule has 3 N–H and O–H groups in total. The molecule has 0 aromatic heterocycles. The minimum absolute atomic E-state index is 0.0100. The van der Waals surface area contributed by atoms with Crippen molar-refractivity contribution in [2.75, 3.05) is 0 Å². The Morgan fingerprint density at radius 1 is 1.25 bits per heavy atom. The summed E-state index contributed by atoms with van der Waals surface area (Å²) in [4.78, 5) is 0. The topological polar surface area (TPSA) is 60.7 Å². The minimum Gasteiger partial charge on any atom is -0.393 e. The Morgan fingerprint density at radius 2 is 2.00 bits per heavy atom. The lowest BCUT2D eigenvalue weighted by atomic mass is 10.0. The van der Waals surface area contributed by atoms with Gasteiger partial charge in [0, 0.05) is 5.92 Å². The first kappa shape index (κ1) is 13.7. The average Bonchev–Trinajstić information content (AvgIpc) is 2.55. The number of unbranched alkanes of at least 4 members (excludes halogenated alkanes) is 2. The molecule has 0 radical (unpaired) electrons. The Labute approximate surface area is 97.8 Å². The van der Waals surface area contributed by atoms with E-state index in [1.807, 2.05) is 6.08 Å². The van der Waals surface area contributed by atoms with Gasteiger partial charge in [-0.1, -0.05) is 38.3 Å². The molecular formula is C13H24O3. The van der Waals surface area contributed by atoms with Crippen molar-refractivity contribution in [2.45, 2.75) is 63.8 Å². The average molecular weight is 228 g/mol. The molecule has 0 heterocycles.